The second kappa shape index (κ2) is 10.5. The molecule has 0 aliphatic rings. The molecule has 2 rings (SSSR count). The maximum absolute atomic E-state index is 12.7. The molecule has 0 saturated carbocycles. The van der Waals surface area contributed by atoms with Gasteiger partial charge in [0.15, 0.2) is 5.16 Å². The zero-order valence-corrected chi connectivity index (χ0v) is 16.4. The molecule has 1 aromatic carbocycles. The van der Waals surface area contributed by atoms with Crippen molar-refractivity contribution in [2.45, 2.75) is 24.5 Å². The number of methoxy groups -OCH3 is 2. The molecule has 150 valence electrons. The molecule has 28 heavy (non-hydrogen) atoms. The summed E-state index contributed by atoms with van der Waals surface area (Å²) in [5.74, 6) is -1.20. The van der Waals surface area contributed by atoms with Gasteiger partial charge in [-0.1, -0.05) is 23.9 Å². The second-order valence-electron chi connectivity index (χ2n) is 5.70. The highest BCUT2D eigenvalue weighted by molar-refractivity contribution is 7.99. The Morgan fingerprint density at radius 1 is 1.14 bits per heavy atom. The minimum Gasteiger partial charge on any atom is -0.469 e. The van der Waals surface area contributed by atoms with Gasteiger partial charge in [-0.05, 0) is 18.6 Å². The number of hydrogen-bond acceptors (Lipinski definition) is 8. The Morgan fingerprint density at radius 2 is 1.86 bits per heavy atom. The summed E-state index contributed by atoms with van der Waals surface area (Å²) >= 11 is 1.05. The van der Waals surface area contributed by atoms with Gasteiger partial charge in [-0.2, -0.15) is 0 Å². The van der Waals surface area contributed by atoms with Crippen LogP contribution in [0.3, 0.4) is 0 Å². The van der Waals surface area contributed by atoms with E-state index in [0.717, 1.165) is 11.8 Å². The van der Waals surface area contributed by atoms with Gasteiger partial charge in [0.1, 0.15) is 6.54 Å². The number of benzene rings is 1. The number of carbonyl (C=O) groups is 3. The molecule has 0 aliphatic heterocycles. The standard InChI is InChI=1S/C18H21N3O6S/c1-26-15(23)8-5-9-19-14(22)11-28-18-20-13-7-4-3-6-12(13)17(25)21(18)10-16(24)27-2/h3-4,6-7H,5,8-11H2,1-2H3,(H,19,22). The first-order valence-corrected chi connectivity index (χ1v) is 9.47. The van der Waals surface area contributed by atoms with Crippen LogP contribution in [0.15, 0.2) is 34.2 Å². The van der Waals surface area contributed by atoms with Gasteiger partial charge in [-0.15, -0.1) is 0 Å². The number of aromatic nitrogens is 2. The molecule has 0 aliphatic carbocycles. The molecular formula is C18H21N3O6S. The normalized spacial score (nSPS) is 10.5. The maximum atomic E-state index is 12.7. The summed E-state index contributed by atoms with van der Waals surface area (Å²) < 4.78 is 10.4. The molecule has 0 bridgehead atoms. The first-order chi connectivity index (χ1) is 13.5. The summed E-state index contributed by atoms with van der Waals surface area (Å²) in [4.78, 5) is 51.8. The predicted octanol–water partition coefficient (Wildman–Crippen LogP) is 0.731. The van der Waals surface area contributed by atoms with E-state index in [2.05, 4.69) is 19.8 Å². The molecule has 1 heterocycles. The summed E-state index contributed by atoms with van der Waals surface area (Å²) in [6.07, 6.45) is 0.680. The summed E-state index contributed by atoms with van der Waals surface area (Å²) in [5, 5.41) is 3.31. The zero-order valence-electron chi connectivity index (χ0n) is 15.6. The summed E-state index contributed by atoms with van der Waals surface area (Å²) in [6.45, 7) is 0.0326. The number of nitrogens with zero attached hydrogens (tertiary/aromatic N) is 2. The van der Waals surface area contributed by atoms with Crippen LogP contribution in [0.25, 0.3) is 10.9 Å². The van der Waals surface area contributed by atoms with Crippen LogP contribution in [0, 0.1) is 0 Å². The monoisotopic (exact) mass is 407 g/mol. The SMILES string of the molecule is COC(=O)CCCNC(=O)CSc1nc2ccccc2c(=O)n1CC(=O)OC. The van der Waals surface area contributed by atoms with Crippen molar-refractivity contribution in [2.24, 2.45) is 0 Å². The lowest BCUT2D eigenvalue weighted by atomic mass is 10.2. The fourth-order valence-electron chi connectivity index (χ4n) is 2.33. The number of esters is 2. The Morgan fingerprint density at radius 3 is 2.57 bits per heavy atom. The van der Waals surface area contributed by atoms with E-state index in [-0.39, 0.29) is 41.3 Å². The average Bonchev–Trinajstić information content (AvgIpc) is 2.71. The smallest absolute Gasteiger partial charge is 0.325 e. The van der Waals surface area contributed by atoms with Gasteiger partial charge in [0.05, 0.1) is 30.9 Å². The molecule has 0 saturated heterocycles. The molecule has 0 unspecified atom stereocenters. The van der Waals surface area contributed by atoms with Crippen molar-refractivity contribution in [3.63, 3.8) is 0 Å². The molecule has 10 heteroatoms. The van der Waals surface area contributed by atoms with Crippen LogP contribution < -0.4 is 10.9 Å². The van der Waals surface area contributed by atoms with E-state index < -0.39 is 5.97 Å². The number of rotatable bonds is 9. The van der Waals surface area contributed by atoms with Crippen molar-refractivity contribution in [1.29, 1.82) is 0 Å². The first-order valence-electron chi connectivity index (χ1n) is 8.49. The molecule has 0 atom stereocenters. The lowest BCUT2D eigenvalue weighted by Crippen LogP contribution is -2.29. The van der Waals surface area contributed by atoms with Crippen LogP contribution in [0.4, 0.5) is 0 Å². The van der Waals surface area contributed by atoms with Gasteiger partial charge in [0, 0.05) is 13.0 Å². The van der Waals surface area contributed by atoms with Crippen molar-refractivity contribution < 1.29 is 23.9 Å². The predicted molar refractivity (Wildman–Crippen MR) is 103 cm³/mol. The highest BCUT2D eigenvalue weighted by Gasteiger charge is 2.16. The third-order valence-electron chi connectivity index (χ3n) is 3.78. The van der Waals surface area contributed by atoms with Crippen LogP contribution in [-0.2, 0) is 30.4 Å². The largest absolute Gasteiger partial charge is 0.469 e. The number of carbonyl (C=O) groups excluding carboxylic acids is 3. The van der Waals surface area contributed by atoms with Crippen molar-refractivity contribution in [1.82, 2.24) is 14.9 Å². The van der Waals surface area contributed by atoms with Crippen LogP contribution in [0.1, 0.15) is 12.8 Å². The average molecular weight is 407 g/mol. The summed E-state index contributed by atoms with van der Waals surface area (Å²) in [5.41, 5.74) is 0.103. The quantitative estimate of drug-likeness (QED) is 0.280. The Bertz CT molecular complexity index is 927. The van der Waals surface area contributed by atoms with E-state index in [1.54, 1.807) is 24.3 Å². The fourth-order valence-corrected chi connectivity index (χ4v) is 3.16. The summed E-state index contributed by atoms with van der Waals surface area (Å²) in [6, 6.07) is 6.78. The van der Waals surface area contributed by atoms with Gasteiger partial charge in [-0.3, -0.25) is 23.7 Å². The maximum Gasteiger partial charge on any atom is 0.325 e. The topological polar surface area (TPSA) is 117 Å². The minimum absolute atomic E-state index is 0.00414. The molecule has 1 amide bonds. The fraction of sp³-hybridized carbons (Fsp3) is 0.389. The molecule has 9 nitrogen and oxygen atoms in total. The van der Waals surface area contributed by atoms with E-state index in [1.807, 2.05) is 0 Å². The Kier molecular flexibility index (Phi) is 8.00. The van der Waals surface area contributed by atoms with E-state index in [4.69, 9.17) is 0 Å². The zero-order chi connectivity index (χ0) is 20.5. The van der Waals surface area contributed by atoms with E-state index >= 15 is 0 Å². The minimum atomic E-state index is -0.590. The number of para-hydroxylation sites is 1. The van der Waals surface area contributed by atoms with Crippen LogP contribution in [-0.4, -0.2) is 53.9 Å². The van der Waals surface area contributed by atoms with Crippen molar-refractivity contribution >= 4 is 40.5 Å². The molecule has 1 aromatic heterocycles. The van der Waals surface area contributed by atoms with E-state index in [9.17, 15) is 19.2 Å². The van der Waals surface area contributed by atoms with Gasteiger partial charge >= 0.3 is 11.9 Å². The van der Waals surface area contributed by atoms with Crippen molar-refractivity contribution in [3.8, 4) is 0 Å². The Labute approximate surface area is 165 Å². The lowest BCUT2D eigenvalue weighted by molar-refractivity contribution is -0.142. The number of ether oxygens (including phenoxy) is 2. The number of nitrogens with one attached hydrogen (secondary N) is 1. The second-order valence-corrected chi connectivity index (χ2v) is 6.64. The molecule has 0 spiro atoms. The molecule has 0 fully saturated rings. The summed E-state index contributed by atoms with van der Waals surface area (Å²) in [7, 11) is 2.54. The van der Waals surface area contributed by atoms with Gasteiger partial charge in [-0.25, -0.2) is 4.98 Å². The van der Waals surface area contributed by atoms with Crippen molar-refractivity contribution in [3.05, 3.63) is 34.6 Å². The van der Waals surface area contributed by atoms with Gasteiger partial charge < -0.3 is 14.8 Å². The third-order valence-corrected chi connectivity index (χ3v) is 4.76. The highest BCUT2D eigenvalue weighted by Crippen LogP contribution is 2.17. The van der Waals surface area contributed by atoms with E-state index in [0.29, 0.717) is 23.9 Å². The Hall–Kier alpha value is -2.88. The molecular weight excluding hydrogens is 386 g/mol. The van der Waals surface area contributed by atoms with E-state index in [1.165, 1.54) is 18.8 Å². The number of amides is 1. The van der Waals surface area contributed by atoms with Gasteiger partial charge in [0.25, 0.3) is 5.56 Å². The number of thioether (sulfide) groups is 1. The van der Waals surface area contributed by atoms with Crippen molar-refractivity contribution in [2.75, 3.05) is 26.5 Å². The molecule has 2 aromatic rings. The lowest BCUT2D eigenvalue weighted by Gasteiger charge is -2.12. The van der Waals surface area contributed by atoms with Crippen LogP contribution in [0.5, 0.6) is 0 Å². The van der Waals surface area contributed by atoms with Crippen LogP contribution in [0.2, 0.25) is 0 Å². The number of hydrogen-bond donors (Lipinski definition) is 1. The third kappa shape index (κ3) is 5.81. The molecule has 0 radical (unpaired) electrons. The first kappa shape index (κ1) is 21.4. The Balaban J connectivity index is 2.09. The number of fused-ring (bicyclic) bond motifs is 1. The highest BCUT2D eigenvalue weighted by atomic mass is 32.2. The van der Waals surface area contributed by atoms with Gasteiger partial charge in [0.2, 0.25) is 5.91 Å². The molecule has 1 N–H and O–H groups in total. The van der Waals surface area contributed by atoms with Crippen LogP contribution >= 0.6 is 11.8 Å².